The number of carbonyl (C=O) groups excluding carboxylic acids is 1. The maximum Gasteiger partial charge on any atom is 0.407 e. The lowest BCUT2D eigenvalue weighted by atomic mass is 10.2. The lowest BCUT2D eigenvalue weighted by molar-refractivity contribution is 0.0487. The Labute approximate surface area is 92.5 Å². The van der Waals surface area contributed by atoms with E-state index in [9.17, 15) is 9.18 Å². The first-order chi connectivity index (χ1) is 6.26. The number of carbonyl (C=O) groups is 1. The monoisotopic (exact) mass is 269 g/mol. The van der Waals surface area contributed by atoms with Crippen LogP contribution in [-0.2, 0) is 4.74 Å². The number of alkyl halides is 2. The number of alkyl carbamates (subject to hydrolysis) is 1. The highest BCUT2D eigenvalue weighted by atomic mass is 79.9. The normalized spacial score (nSPS) is 15.9. The van der Waals surface area contributed by atoms with Crippen LogP contribution in [0.4, 0.5) is 9.18 Å². The standard InChI is InChI=1S/C9H17BrFNO2/c1-6(11)7(5-10)12-8(13)14-9(2,3)4/h6-7H,5H2,1-4H3,(H,12,13)/t6-,7+/m0/s1. The van der Waals surface area contributed by atoms with E-state index in [-0.39, 0.29) is 0 Å². The molecule has 0 aliphatic heterocycles. The zero-order valence-electron chi connectivity index (χ0n) is 8.93. The molecular formula is C9H17BrFNO2. The number of nitrogens with one attached hydrogen (secondary N) is 1. The highest BCUT2D eigenvalue weighted by Crippen LogP contribution is 2.08. The van der Waals surface area contributed by atoms with Crippen LogP contribution in [0.25, 0.3) is 0 Å². The van der Waals surface area contributed by atoms with Gasteiger partial charge in [0.2, 0.25) is 0 Å². The molecule has 0 radical (unpaired) electrons. The summed E-state index contributed by atoms with van der Waals surface area (Å²) in [5.41, 5.74) is -0.555. The molecule has 0 unspecified atom stereocenters. The third-order valence-corrected chi connectivity index (χ3v) is 2.12. The molecule has 0 aliphatic rings. The van der Waals surface area contributed by atoms with E-state index in [1.807, 2.05) is 0 Å². The van der Waals surface area contributed by atoms with E-state index in [0.717, 1.165) is 0 Å². The van der Waals surface area contributed by atoms with Gasteiger partial charge in [-0.1, -0.05) is 15.9 Å². The van der Waals surface area contributed by atoms with Crippen molar-refractivity contribution in [3.8, 4) is 0 Å². The van der Waals surface area contributed by atoms with Gasteiger partial charge in [0.15, 0.2) is 0 Å². The van der Waals surface area contributed by atoms with Gasteiger partial charge in [0.05, 0.1) is 6.04 Å². The fraction of sp³-hybridized carbons (Fsp3) is 0.889. The summed E-state index contributed by atoms with van der Waals surface area (Å²) in [5.74, 6) is 0. The first-order valence-electron chi connectivity index (χ1n) is 4.46. The lowest BCUT2D eigenvalue weighted by Gasteiger charge is -2.23. The number of ether oxygens (including phenoxy) is 1. The van der Waals surface area contributed by atoms with Gasteiger partial charge in [0.1, 0.15) is 11.8 Å². The van der Waals surface area contributed by atoms with Crippen LogP contribution in [0.15, 0.2) is 0 Å². The highest BCUT2D eigenvalue weighted by Gasteiger charge is 2.22. The maximum atomic E-state index is 12.9. The highest BCUT2D eigenvalue weighted by molar-refractivity contribution is 9.09. The number of hydrogen-bond donors (Lipinski definition) is 1. The van der Waals surface area contributed by atoms with Gasteiger partial charge < -0.3 is 10.1 Å². The van der Waals surface area contributed by atoms with Gasteiger partial charge >= 0.3 is 6.09 Å². The predicted molar refractivity (Wildman–Crippen MR) is 57.5 cm³/mol. The van der Waals surface area contributed by atoms with Crippen LogP contribution in [-0.4, -0.2) is 29.2 Å². The molecule has 0 aliphatic carbocycles. The molecule has 84 valence electrons. The molecular weight excluding hydrogens is 253 g/mol. The van der Waals surface area contributed by atoms with E-state index in [0.29, 0.717) is 5.33 Å². The van der Waals surface area contributed by atoms with Crippen LogP contribution in [0.2, 0.25) is 0 Å². The van der Waals surface area contributed by atoms with Gasteiger partial charge in [-0.3, -0.25) is 0 Å². The van der Waals surface area contributed by atoms with Crippen molar-refractivity contribution in [1.29, 1.82) is 0 Å². The SMILES string of the molecule is C[C@H](F)[C@@H](CBr)NC(=O)OC(C)(C)C. The Morgan fingerprint density at radius 1 is 1.57 bits per heavy atom. The zero-order valence-corrected chi connectivity index (χ0v) is 10.5. The van der Waals surface area contributed by atoms with Gasteiger partial charge in [-0.15, -0.1) is 0 Å². The fourth-order valence-electron chi connectivity index (χ4n) is 0.735. The Morgan fingerprint density at radius 3 is 2.36 bits per heavy atom. The Kier molecular flexibility index (Phi) is 5.41. The van der Waals surface area contributed by atoms with Crippen molar-refractivity contribution in [2.75, 3.05) is 5.33 Å². The summed E-state index contributed by atoms with van der Waals surface area (Å²) in [6.45, 7) is 6.67. The van der Waals surface area contributed by atoms with Crippen LogP contribution in [0, 0.1) is 0 Å². The topological polar surface area (TPSA) is 38.3 Å². The summed E-state index contributed by atoms with van der Waals surface area (Å²) in [4.78, 5) is 11.2. The first-order valence-corrected chi connectivity index (χ1v) is 5.58. The average molecular weight is 270 g/mol. The molecule has 0 aromatic rings. The summed E-state index contributed by atoms with van der Waals surface area (Å²) in [6, 6.07) is -0.551. The van der Waals surface area contributed by atoms with Crippen LogP contribution >= 0.6 is 15.9 Å². The molecule has 0 fully saturated rings. The Morgan fingerprint density at radius 2 is 2.07 bits per heavy atom. The van der Waals surface area contributed by atoms with E-state index in [1.165, 1.54) is 6.92 Å². The smallest absolute Gasteiger partial charge is 0.407 e. The third-order valence-electron chi connectivity index (χ3n) is 1.42. The molecule has 2 atom stereocenters. The Hall–Kier alpha value is -0.320. The number of amides is 1. The molecule has 0 bridgehead atoms. The molecule has 1 amide bonds. The van der Waals surface area contributed by atoms with E-state index in [4.69, 9.17) is 4.74 Å². The average Bonchev–Trinajstić information content (AvgIpc) is 1.96. The summed E-state index contributed by atoms with van der Waals surface area (Å²) in [7, 11) is 0. The zero-order chi connectivity index (χ0) is 11.4. The Bertz CT molecular complexity index is 192. The van der Waals surface area contributed by atoms with Crippen molar-refractivity contribution in [3.63, 3.8) is 0 Å². The largest absolute Gasteiger partial charge is 0.444 e. The lowest BCUT2D eigenvalue weighted by Crippen LogP contribution is -2.44. The molecule has 0 saturated heterocycles. The number of hydrogen-bond acceptors (Lipinski definition) is 2. The first kappa shape index (κ1) is 13.7. The Balaban J connectivity index is 4.04. The van der Waals surface area contributed by atoms with Gasteiger partial charge in [0.25, 0.3) is 0 Å². The second kappa shape index (κ2) is 5.53. The van der Waals surface area contributed by atoms with Gasteiger partial charge in [-0.2, -0.15) is 0 Å². The van der Waals surface area contributed by atoms with Crippen LogP contribution in [0.3, 0.4) is 0 Å². The van der Waals surface area contributed by atoms with Crippen molar-refractivity contribution in [3.05, 3.63) is 0 Å². The van der Waals surface area contributed by atoms with Crippen LogP contribution in [0.5, 0.6) is 0 Å². The number of halogens is 2. The van der Waals surface area contributed by atoms with Gasteiger partial charge in [-0.25, -0.2) is 9.18 Å². The van der Waals surface area contributed by atoms with Gasteiger partial charge in [0, 0.05) is 5.33 Å². The predicted octanol–water partition coefficient (Wildman–Crippen LogP) is 2.63. The summed E-state index contributed by atoms with van der Waals surface area (Å²) < 4.78 is 17.8. The van der Waals surface area contributed by atoms with E-state index in [2.05, 4.69) is 21.2 Å². The molecule has 0 spiro atoms. The van der Waals surface area contributed by atoms with Crippen molar-refractivity contribution in [1.82, 2.24) is 5.32 Å². The van der Waals surface area contributed by atoms with E-state index in [1.54, 1.807) is 20.8 Å². The molecule has 0 saturated carbocycles. The van der Waals surface area contributed by atoms with E-state index >= 15 is 0 Å². The maximum absolute atomic E-state index is 12.9. The molecule has 0 aromatic heterocycles. The fourth-order valence-corrected chi connectivity index (χ4v) is 1.41. The van der Waals surface area contributed by atoms with E-state index < -0.39 is 23.9 Å². The van der Waals surface area contributed by atoms with Crippen molar-refractivity contribution in [2.45, 2.75) is 45.5 Å². The summed E-state index contributed by atoms with van der Waals surface area (Å²) in [5, 5.41) is 2.80. The minimum Gasteiger partial charge on any atom is -0.444 e. The van der Waals surface area contributed by atoms with Crippen molar-refractivity contribution >= 4 is 22.0 Å². The van der Waals surface area contributed by atoms with Crippen LogP contribution in [0.1, 0.15) is 27.7 Å². The van der Waals surface area contributed by atoms with Crippen molar-refractivity contribution < 1.29 is 13.9 Å². The molecule has 14 heavy (non-hydrogen) atoms. The summed E-state index contributed by atoms with van der Waals surface area (Å²) in [6.07, 6.45) is -1.70. The minimum absolute atomic E-state index is 0.365. The van der Waals surface area contributed by atoms with Crippen molar-refractivity contribution in [2.24, 2.45) is 0 Å². The molecule has 1 N–H and O–H groups in total. The second-order valence-electron chi connectivity index (χ2n) is 4.08. The van der Waals surface area contributed by atoms with Crippen LogP contribution < -0.4 is 5.32 Å². The van der Waals surface area contributed by atoms with Gasteiger partial charge in [-0.05, 0) is 27.7 Å². The molecule has 5 heteroatoms. The molecule has 3 nitrogen and oxygen atoms in total. The molecule has 0 heterocycles. The minimum atomic E-state index is -1.11. The summed E-state index contributed by atoms with van der Waals surface area (Å²) >= 11 is 3.11. The number of rotatable bonds is 3. The molecule has 0 aromatic carbocycles. The second-order valence-corrected chi connectivity index (χ2v) is 4.73. The quantitative estimate of drug-likeness (QED) is 0.800. The molecule has 0 rings (SSSR count). The third kappa shape index (κ3) is 6.18.